The van der Waals surface area contributed by atoms with Gasteiger partial charge in [-0.1, -0.05) is 6.07 Å². The molecule has 0 spiro atoms. The SMILES string of the molecule is COc1cccc(N)c1COc1ccn(S)n1. The minimum absolute atomic E-state index is 0.306. The van der Waals surface area contributed by atoms with Crippen LogP contribution in [0, 0.1) is 0 Å². The van der Waals surface area contributed by atoms with Gasteiger partial charge < -0.3 is 15.2 Å². The number of nitrogen functional groups attached to an aromatic ring is 1. The van der Waals surface area contributed by atoms with Gasteiger partial charge in [-0.3, -0.25) is 0 Å². The van der Waals surface area contributed by atoms with Gasteiger partial charge in [-0.2, -0.15) is 0 Å². The molecular weight excluding hydrogens is 238 g/mol. The lowest BCUT2D eigenvalue weighted by Gasteiger charge is -2.11. The lowest BCUT2D eigenvalue weighted by Crippen LogP contribution is -2.03. The maximum Gasteiger partial charge on any atom is 0.234 e. The van der Waals surface area contributed by atoms with Crippen molar-refractivity contribution < 1.29 is 9.47 Å². The standard InChI is InChI=1S/C11H13N3O2S/c1-15-10-4-2-3-9(12)8(10)7-16-11-5-6-14(17)13-11/h2-6,17H,7,12H2,1H3. The lowest BCUT2D eigenvalue weighted by molar-refractivity contribution is 0.285. The van der Waals surface area contributed by atoms with Crippen molar-refractivity contribution in [2.45, 2.75) is 6.61 Å². The Hall–Kier alpha value is -1.82. The van der Waals surface area contributed by atoms with E-state index in [1.165, 1.54) is 4.09 Å². The molecule has 0 bridgehead atoms. The molecule has 0 radical (unpaired) electrons. The molecule has 0 aliphatic carbocycles. The molecule has 17 heavy (non-hydrogen) atoms. The Labute approximate surface area is 105 Å². The zero-order chi connectivity index (χ0) is 12.3. The zero-order valence-electron chi connectivity index (χ0n) is 9.33. The third kappa shape index (κ3) is 2.65. The molecule has 2 aromatic rings. The van der Waals surface area contributed by atoms with Crippen LogP contribution in [0.5, 0.6) is 11.6 Å². The fraction of sp³-hybridized carbons (Fsp3) is 0.182. The van der Waals surface area contributed by atoms with Crippen LogP contribution in [0.2, 0.25) is 0 Å². The summed E-state index contributed by atoms with van der Waals surface area (Å²) in [6.45, 7) is 0.306. The van der Waals surface area contributed by atoms with Crippen LogP contribution in [0.1, 0.15) is 5.56 Å². The van der Waals surface area contributed by atoms with Gasteiger partial charge in [0.25, 0.3) is 0 Å². The predicted molar refractivity (Wildman–Crippen MR) is 68.3 cm³/mol. The van der Waals surface area contributed by atoms with Gasteiger partial charge in [-0.15, -0.1) is 5.10 Å². The fourth-order valence-corrected chi connectivity index (χ4v) is 1.60. The van der Waals surface area contributed by atoms with Crippen molar-refractivity contribution in [1.29, 1.82) is 0 Å². The highest BCUT2D eigenvalue weighted by atomic mass is 32.1. The zero-order valence-corrected chi connectivity index (χ0v) is 10.2. The molecule has 90 valence electrons. The Kier molecular flexibility index (Phi) is 3.43. The van der Waals surface area contributed by atoms with Crippen LogP contribution in [0.15, 0.2) is 30.5 Å². The topological polar surface area (TPSA) is 62.3 Å². The number of nitrogens with zero attached hydrogens (tertiary/aromatic N) is 2. The summed E-state index contributed by atoms with van der Waals surface area (Å²) in [5.74, 6) is 1.20. The van der Waals surface area contributed by atoms with Crippen LogP contribution in [0.25, 0.3) is 0 Å². The summed E-state index contributed by atoms with van der Waals surface area (Å²) in [6, 6.07) is 7.20. The summed E-state index contributed by atoms with van der Waals surface area (Å²) in [4.78, 5) is 0. The summed E-state index contributed by atoms with van der Waals surface area (Å²) >= 11 is 4.02. The lowest BCUT2D eigenvalue weighted by atomic mass is 10.1. The molecule has 1 heterocycles. The molecule has 0 aliphatic rings. The molecule has 0 saturated carbocycles. The van der Waals surface area contributed by atoms with Gasteiger partial charge in [0.2, 0.25) is 5.88 Å². The van der Waals surface area contributed by atoms with Gasteiger partial charge in [0.15, 0.2) is 0 Å². The van der Waals surface area contributed by atoms with Gasteiger partial charge in [-0.25, -0.2) is 4.09 Å². The first-order chi connectivity index (χ1) is 8.20. The van der Waals surface area contributed by atoms with Gasteiger partial charge in [0.1, 0.15) is 12.4 Å². The van der Waals surface area contributed by atoms with Crippen LogP contribution < -0.4 is 15.2 Å². The maximum absolute atomic E-state index is 5.87. The minimum Gasteiger partial charge on any atom is -0.496 e. The van der Waals surface area contributed by atoms with Crippen LogP contribution >= 0.6 is 12.8 Å². The van der Waals surface area contributed by atoms with Crippen molar-refractivity contribution in [3.8, 4) is 11.6 Å². The summed E-state index contributed by atoms with van der Waals surface area (Å²) in [6.07, 6.45) is 1.68. The van der Waals surface area contributed by atoms with Crippen LogP contribution in [0.3, 0.4) is 0 Å². The predicted octanol–water partition coefficient (Wildman–Crippen LogP) is 1.75. The monoisotopic (exact) mass is 251 g/mol. The molecule has 1 aromatic heterocycles. The average Bonchev–Trinajstić information content (AvgIpc) is 2.73. The quantitative estimate of drug-likeness (QED) is 0.642. The molecule has 2 rings (SSSR count). The Bertz CT molecular complexity index is 513. The van der Waals surface area contributed by atoms with E-state index in [9.17, 15) is 0 Å². The third-order valence-electron chi connectivity index (χ3n) is 2.31. The molecular formula is C11H13N3O2S. The highest BCUT2D eigenvalue weighted by Crippen LogP contribution is 2.25. The number of aromatic nitrogens is 2. The number of rotatable bonds is 4. The Morgan fingerprint density at radius 2 is 2.24 bits per heavy atom. The largest absolute Gasteiger partial charge is 0.496 e. The van der Waals surface area contributed by atoms with E-state index in [2.05, 4.69) is 17.9 Å². The Balaban J connectivity index is 2.13. The maximum atomic E-state index is 5.87. The van der Waals surface area contributed by atoms with Crippen molar-refractivity contribution in [3.05, 3.63) is 36.0 Å². The first-order valence-corrected chi connectivity index (χ1v) is 5.40. The second-order valence-electron chi connectivity index (χ2n) is 3.39. The molecule has 0 atom stereocenters. The number of benzene rings is 1. The minimum atomic E-state index is 0.306. The van der Waals surface area contributed by atoms with Crippen molar-refractivity contribution in [2.75, 3.05) is 12.8 Å². The normalized spacial score (nSPS) is 10.2. The average molecular weight is 251 g/mol. The van der Waals surface area contributed by atoms with Crippen LogP contribution in [-0.2, 0) is 6.61 Å². The molecule has 5 nitrogen and oxygen atoms in total. The molecule has 2 N–H and O–H groups in total. The number of ether oxygens (including phenoxy) is 2. The summed E-state index contributed by atoms with van der Waals surface area (Å²) in [5, 5.41) is 3.99. The van der Waals surface area contributed by atoms with Crippen LogP contribution in [0.4, 0.5) is 5.69 Å². The fourth-order valence-electron chi connectivity index (χ4n) is 1.45. The van der Waals surface area contributed by atoms with Crippen molar-refractivity contribution >= 4 is 18.5 Å². The Morgan fingerprint density at radius 3 is 2.88 bits per heavy atom. The van der Waals surface area contributed by atoms with Crippen molar-refractivity contribution in [1.82, 2.24) is 9.19 Å². The van der Waals surface area contributed by atoms with E-state index >= 15 is 0 Å². The van der Waals surface area contributed by atoms with Crippen molar-refractivity contribution in [3.63, 3.8) is 0 Å². The number of anilines is 1. The second-order valence-corrected chi connectivity index (χ2v) is 3.80. The van der Waals surface area contributed by atoms with E-state index in [0.717, 1.165) is 5.56 Å². The molecule has 0 fully saturated rings. The summed E-state index contributed by atoms with van der Waals surface area (Å²) < 4.78 is 12.1. The number of nitrogens with two attached hydrogens (primary N) is 1. The number of hydrogen-bond donors (Lipinski definition) is 2. The Morgan fingerprint density at radius 1 is 1.41 bits per heavy atom. The van der Waals surface area contributed by atoms with E-state index in [1.54, 1.807) is 25.4 Å². The highest BCUT2D eigenvalue weighted by Gasteiger charge is 2.08. The van der Waals surface area contributed by atoms with E-state index in [-0.39, 0.29) is 0 Å². The molecule has 6 heteroatoms. The molecule has 0 unspecified atom stereocenters. The summed E-state index contributed by atoms with van der Waals surface area (Å²) in [7, 11) is 1.60. The highest BCUT2D eigenvalue weighted by molar-refractivity contribution is 7.78. The van der Waals surface area contributed by atoms with Crippen LogP contribution in [-0.4, -0.2) is 16.3 Å². The smallest absolute Gasteiger partial charge is 0.234 e. The molecule has 0 aliphatic heterocycles. The van der Waals surface area contributed by atoms with Gasteiger partial charge in [0.05, 0.1) is 12.7 Å². The number of methoxy groups -OCH3 is 1. The molecule has 1 aromatic carbocycles. The number of thiol groups is 1. The van der Waals surface area contributed by atoms with E-state index in [1.807, 2.05) is 12.1 Å². The van der Waals surface area contributed by atoms with Gasteiger partial charge >= 0.3 is 0 Å². The molecule has 0 amide bonds. The number of hydrogen-bond acceptors (Lipinski definition) is 5. The van der Waals surface area contributed by atoms with E-state index < -0.39 is 0 Å². The summed E-state index contributed by atoms with van der Waals surface area (Å²) in [5.41, 5.74) is 7.31. The second kappa shape index (κ2) is 5.01. The molecule has 0 saturated heterocycles. The van der Waals surface area contributed by atoms with E-state index in [0.29, 0.717) is 23.9 Å². The first kappa shape index (κ1) is 11.7. The van der Waals surface area contributed by atoms with Gasteiger partial charge in [-0.05, 0) is 24.9 Å². The van der Waals surface area contributed by atoms with Gasteiger partial charge in [0, 0.05) is 18.0 Å². The van der Waals surface area contributed by atoms with E-state index in [4.69, 9.17) is 15.2 Å². The third-order valence-corrected chi connectivity index (χ3v) is 2.53. The van der Waals surface area contributed by atoms with Crippen molar-refractivity contribution in [2.24, 2.45) is 0 Å². The first-order valence-electron chi connectivity index (χ1n) is 5.00.